The van der Waals surface area contributed by atoms with Gasteiger partial charge in [-0.05, 0) is 54.8 Å². The number of amides is 2. The molecule has 1 N–H and O–H groups in total. The maximum absolute atomic E-state index is 13.5. The van der Waals surface area contributed by atoms with Gasteiger partial charge in [-0.1, -0.05) is 66.2 Å². The van der Waals surface area contributed by atoms with Gasteiger partial charge in [0, 0.05) is 24.0 Å². The summed E-state index contributed by atoms with van der Waals surface area (Å²) < 4.78 is 13.3. The summed E-state index contributed by atoms with van der Waals surface area (Å²) in [7, 11) is 0. The van der Waals surface area contributed by atoms with Crippen molar-refractivity contribution in [3.05, 3.63) is 106 Å². The Morgan fingerprint density at radius 1 is 0.909 bits per heavy atom. The molecular weight excluding hydrogens is 439 g/mol. The number of hydrogen-bond donors (Lipinski definition) is 1. The minimum Gasteiger partial charge on any atom is -0.352 e. The standard InChI is InChI=1S/C27H28ClFN2O2/c1-19(2)30-27(33)25(16-20-7-4-3-5-8-20)31(18-22-9-6-10-23(28)15-22)26(32)17-21-11-13-24(29)14-12-21/h3-15,19,25H,16-18H2,1-2H3,(H,30,33)/t25-/m0/s1. The van der Waals surface area contributed by atoms with Crippen LogP contribution in [0.25, 0.3) is 0 Å². The summed E-state index contributed by atoms with van der Waals surface area (Å²) >= 11 is 6.17. The Morgan fingerprint density at radius 2 is 1.58 bits per heavy atom. The van der Waals surface area contributed by atoms with Gasteiger partial charge in [-0.25, -0.2) is 4.39 Å². The van der Waals surface area contributed by atoms with Crippen LogP contribution in [0.15, 0.2) is 78.9 Å². The molecule has 0 aliphatic heterocycles. The largest absolute Gasteiger partial charge is 0.352 e. The van der Waals surface area contributed by atoms with Crippen LogP contribution < -0.4 is 5.32 Å². The maximum atomic E-state index is 13.5. The molecule has 3 rings (SSSR count). The van der Waals surface area contributed by atoms with Crippen molar-refractivity contribution in [1.29, 1.82) is 0 Å². The van der Waals surface area contributed by atoms with Gasteiger partial charge in [0.15, 0.2) is 0 Å². The van der Waals surface area contributed by atoms with Crippen molar-refractivity contribution in [1.82, 2.24) is 10.2 Å². The predicted molar refractivity (Wildman–Crippen MR) is 129 cm³/mol. The van der Waals surface area contributed by atoms with Crippen molar-refractivity contribution in [3.8, 4) is 0 Å². The van der Waals surface area contributed by atoms with Crippen molar-refractivity contribution in [2.45, 2.75) is 45.3 Å². The number of hydrogen-bond acceptors (Lipinski definition) is 2. The Balaban J connectivity index is 1.96. The molecule has 3 aromatic carbocycles. The van der Waals surface area contributed by atoms with Crippen LogP contribution >= 0.6 is 11.6 Å². The highest BCUT2D eigenvalue weighted by molar-refractivity contribution is 6.30. The average molecular weight is 467 g/mol. The van der Waals surface area contributed by atoms with Crippen LogP contribution in [-0.2, 0) is 29.0 Å². The van der Waals surface area contributed by atoms with E-state index in [0.717, 1.165) is 11.1 Å². The molecule has 0 aromatic heterocycles. The van der Waals surface area contributed by atoms with E-state index in [4.69, 9.17) is 11.6 Å². The van der Waals surface area contributed by atoms with Gasteiger partial charge in [-0.15, -0.1) is 0 Å². The van der Waals surface area contributed by atoms with Crippen LogP contribution in [-0.4, -0.2) is 28.8 Å². The molecular formula is C27H28ClFN2O2. The Labute approximate surface area is 199 Å². The van der Waals surface area contributed by atoms with Gasteiger partial charge in [0.1, 0.15) is 11.9 Å². The van der Waals surface area contributed by atoms with E-state index < -0.39 is 6.04 Å². The lowest BCUT2D eigenvalue weighted by Crippen LogP contribution is -2.52. The normalized spacial score (nSPS) is 11.8. The number of nitrogens with one attached hydrogen (secondary N) is 1. The Morgan fingerprint density at radius 3 is 2.21 bits per heavy atom. The predicted octanol–water partition coefficient (Wildman–Crippen LogP) is 5.19. The fourth-order valence-electron chi connectivity index (χ4n) is 3.65. The van der Waals surface area contributed by atoms with E-state index >= 15 is 0 Å². The molecule has 0 radical (unpaired) electrons. The van der Waals surface area contributed by atoms with E-state index in [0.29, 0.717) is 17.0 Å². The number of carbonyl (C=O) groups excluding carboxylic acids is 2. The molecule has 3 aromatic rings. The third kappa shape index (κ3) is 7.43. The molecule has 0 saturated carbocycles. The molecule has 0 saturated heterocycles. The molecule has 0 fully saturated rings. The molecule has 33 heavy (non-hydrogen) atoms. The molecule has 0 bridgehead atoms. The van der Waals surface area contributed by atoms with E-state index in [2.05, 4.69) is 5.32 Å². The number of nitrogens with zero attached hydrogens (tertiary/aromatic N) is 1. The number of halogens is 2. The first-order valence-electron chi connectivity index (χ1n) is 10.9. The molecule has 0 heterocycles. The highest BCUT2D eigenvalue weighted by Gasteiger charge is 2.30. The first-order valence-corrected chi connectivity index (χ1v) is 11.3. The fourth-order valence-corrected chi connectivity index (χ4v) is 3.86. The lowest BCUT2D eigenvalue weighted by molar-refractivity contribution is -0.141. The van der Waals surface area contributed by atoms with Crippen molar-refractivity contribution < 1.29 is 14.0 Å². The van der Waals surface area contributed by atoms with Crippen molar-refractivity contribution >= 4 is 23.4 Å². The molecule has 0 spiro atoms. The van der Waals surface area contributed by atoms with Crippen molar-refractivity contribution in [2.24, 2.45) is 0 Å². The minimum atomic E-state index is -0.721. The Kier molecular flexibility index (Phi) is 8.61. The maximum Gasteiger partial charge on any atom is 0.243 e. The highest BCUT2D eigenvalue weighted by Crippen LogP contribution is 2.19. The first-order chi connectivity index (χ1) is 15.8. The van der Waals surface area contributed by atoms with Gasteiger partial charge in [0.2, 0.25) is 11.8 Å². The zero-order chi connectivity index (χ0) is 23.8. The molecule has 2 amide bonds. The van der Waals surface area contributed by atoms with Gasteiger partial charge < -0.3 is 10.2 Å². The summed E-state index contributed by atoms with van der Waals surface area (Å²) in [6.07, 6.45) is 0.427. The summed E-state index contributed by atoms with van der Waals surface area (Å²) in [6.45, 7) is 4.00. The van der Waals surface area contributed by atoms with Crippen LogP contribution in [0.4, 0.5) is 4.39 Å². The van der Waals surface area contributed by atoms with Gasteiger partial charge in [-0.2, -0.15) is 0 Å². The third-order valence-corrected chi connectivity index (χ3v) is 5.45. The summed E-state index contributed by atoms with van der Waals surface area (Å²) in [5, 5.41) is 3.52. The highest BCUT2D eigenvalue weighted by atomic mass is 35.5. The van der Waals surface area contributed by atoms with Crippen LogP contribution in [0.1, 0.15) is 30.5 Å². The molecule has 4 nitrogen and oxygen atoms in total. The molecule has 0 aliphatic carbocycles. The summed E-state index contributed by atoms with van der Waals surface area (Å²) in [5.74, 6) is -0.801. The van der Waals surface area contributed by atoms with Gasteiger partial charge in [0.25, 0.3) is 0 Å². The second kappa shape index (κ2) is 11.6. The number of carbonyl (C=O) groups is 2. The van der Waals surface area contributed by atoms with Crippen LogP contribution in [0, 0.1) is 5.82 Å². The van der Waals surface area contributed by atoms with Crippen molar-refractivity contribution in [2.75, 3.05) is 0 Å². The Hall–Kier alpha value is -3.18. The summed E-state index contributed by atoms with van der Waals surface area (Å²) in [6, 6.07) is 21.9. The molecule has 0 aliphatic rings. The summed E-state index contributed by atoms with van der Waals surface area (Å²) in [4.78, 5) is 28.4. The first kappa shape index (κ1) is 24.5. The smallest absolute Gasteiger partial charge is 0.243 e. The Bertz CT molecular complexity index is 1070. The lowest BCUT2D eigenvalue weighted by atomic mass is 10.0. The fraction of sp³-hybridized carbons (Fsp3) is 0.259. The van der Waals surface area contributed by atoms with Crippen LogP contribution in [0.2, 0.25) is 5.02 Å². The van der Waals surface area contributed by atoms with Gasteiger partial charge >= 0.3 is 0 Å². The molecule has 172 valence electrons. The minimum absolute atomic E-state index is 0.0566. The topological polar surface area (TPSA) is 49.4 Å². The second-order valence-electron chi connectivity index (χ2n) is 8.32. The molecule has 1 atom stereocenters. The van der Waals surface area contributed by atoms with E-state index in [1.54, 1.807) is 29.2 Å². The van der Waals surface area contributed by atoms with Crippen molar-refractivity contribution in [3.63, 3.8) is 0 Å². The third-order valence-electron chi connectivity index (χ3n) is 5.21. The van der Waals surface area contributed by atoms with E-state index in [1.165, 1.54) is 12.1 Å². The zero-order valence-corrected chi connectivity index (χ0v) is 19.6. The summed E-state index contributed by atoms with van der Waals surface area (Å²) in [5.41, 5.74) is 2.46. The molecule has 6 heteroatoms. The van der Waals surface area contributed by atoms with E-state index in [9.17, 15) is 14.0 Å². The van der Waals surface area contributed by atoms with E-state index in [-0.39, 0.29) is 36.6 Å². The second-order valence-corrected chi connectivity index (χ2v) is 8.76. The lowest BCUT2D eigenvalue weighted by Gasteiger charge is -2.32. The van der Waals surface area contributed by atoms with Gasteiger partial charge in [0.05, 0.1) is 6.42 Å². The van der Waals surface area contributed by atoms with Crippen LogP contribution in [0.3, 0.4) is 0 Å². The van der Waals surface area contributed by atoms with E-state index in [1.807, 2.05) is 56.3 Å². The van der Waals surface area contributed by atoms with Crippen LogP contribution in [0.5, 0.6) is 0 Å². The average Bonchev–Trinajstić information content (AvgIpc) is 2.78. The SMILES string of the molecule is CC(C)NC(=O)[C@H](Cc1ccccc1)N(Cc1cccc(Cl)c1)C(=O)Cc1ccc(F)cc1. The zero-order valence-electron chi connectivity index (χ0n) is 18.8. The van der Waals surface area contributed by atoms with Gasteiger partial charge in [-0.3, -0.25) is 9.59 Å². The quantitative estimate of drug-likeness (QED) is 0.472. The molecule has 0 unspecified atom stereocenters. The monoisotopic (exact) mass is 466 g/mol. The number of rotatable bonds is 9. The number of benzene rings is 3.